The molecular formula is C16H19ClN2O5S. The van der Waals surface area contributed by atoms with E-state index in [0.29, 0.717) is 13.2 Å². The third kappa shape index (κ3) is 3.65. The molecule has 0 aromatic heterocycles. The largest absolute Gasteiger partial charge is 0.376 e. The van der Waals surface area contributed by atoms with Gasteiger partial charge in [0.25, 0.3) is 5.91 Å². The maximum Gasteiger partial charge on any atom is 0.252 e. The molecule has 0 spiro atoms. The molecular weight excluding hydrogens is 368 g/mol. The van der Waals surface area contributed by atoms with E-state index in [1.54, 1.807) is 6.92 Å². The highest BCUT2D eigenvalue weighted by Gasteiger charge is 2.42. The van der Waals surface area contributed by atoms with Gasteiger partial charge in [0.15, 0.2) is 0 Å². The fraction of sp³-hybridized carbons (Fsp3) is 0.500. The standard InChI is InChI=1S/C16H19ClN2O5S/c1-10-9-25(22,23)19(16(10)21)11-4-5-14(17)13(7-11)15(20)18-8-12-3-2-6-24-12/h4-5,7,10,12H,2-3,6,8-9H2,1H3,(H,18,20). The normalized spacial score (nSPS) is 25.4. The van der Waals surface area contributed by atoms with Gasteiger partial charge in [0.05, 0.1) is 34.0 Å². The van der Waals surface area contributed by atoms with E-state index < -0.39 is 27.8 Å². The first-order valence-corrected chi connectivity index (χ1v) is 10.0. The molecule has 1 aromatic rings. The molecule has 7 nitrogen and oxygen atoms in total. The fourth-order valence-electron chi connectivity index (χ4n) is 3.01. The molecule has 136 valence electrons. The quantitative estimate of drug-likeness (QED) is 0.847. The molecule has 2 aliphatic rings. The van der Waals surface area contributed by atoms with Crippen LogP contribution >= 0.6 is 11.6 Å². The van der Waals surface area contributed by atoms with Gasteiger partial charge in [-0.2, -0.15) is 0 Å². The Morgan fingerprint density at radius 3 is 2.80 bits per heavy atom. The van der Waals surface area contributed by atoms with E-state index in [9.17, 15) is 18.0 Å². The second kappa shape index (κ2) is 6.93. The molecule has 1 N–H and O–H groups in total. The lowest BCUT2D eigenvalue weighted by atomic mass is 10.1. The summed E-state index contributed by atoms with van der Waals surface area (Å²) in [5.74, 6) is -1.79. The van der Waals surface area contributed by atoms with Gasteiger partial charge in [-0.25, -0.2) is 12.7 Å². The Kier molecular flexibility index (Phi) is 5.04. The van der Waals surface area contributed by atoms with Gasteiger partial charge < -0.3 is 10.1 Å². The van der Waals surface area contributed by atoms with E-state index in [1.165, 1.54) is 18.2 Å². The first kappa shape index (κ1) is 18.2. The number of amides is 2. The van der Waals surface area contributed by atoms with E-state index in [4.69, 9.17) is 16.3 Å². The van der Waals surface area contributed by atoms with E-state index in [-0.39, 0.29) is 28.1 Å². The number of nitrogens with one attached hydrogen (secondary N) is 1. The zero-order valence-corrected chi connectivity index (χ0v) is 15.3. The number of nitrogens with zero attached hydrogens (tertiary/aromatic N) is 1. The maximum atomic E-state index is 12.4. The monoisotopic (exact) mass is 386 g/mol. The number of hydrogen-bond acceptors (Lipinski definition) is 5. The van der Waals surface area contributed by atoms with Crippen LogP contribution in [0.2, 0.25) is 5.02 Å². The minimum atomic E-state index is -3.73. The number of anilines is 1. The Bertz CT molecular complexity index is 805. The minimum absolute atomic E-state index is 0.0210. The van der Waals surface area contributed by atoms with Crippen LogP contribution in [0.15, 0.2) is 18.2 Å². The maximum absolute atomic E-state index is 12.4. The van der Waals surface area contributed by atoms with Crippen molar-refractivity contribution in [1.29, 1.82) is 0 Å². The van der Waals surface area contributed by atoms with Crippen LogP contribution in [0.3, 0.4) is 0 Å². The van der Waals surface area contributed by atoms with E-state index in [2.05, 4.69) is 5.32 Å². The smallest absolute Gasteiger partial charge is 0.252 e. The van der Waals surface area contributed by atoms with Crippen molar-refractivity contribution in [2.24, 2.45) is 5.92 Å². The first-order valence-electron chi connectivity index (χ1n) is 8.06. The highest BCUT2D eigenvalue weighted by atomic mass is 35.5. The summed E-state index contributed by atoms with van der Waals surface area (Å²) in [4.78, 5) is 24.6. The second-order valence-corrected chi connectivity index (χ2v) is 8.56. The summed E-state index contributed by atoms with van der Waals surface area (Å²) in [7, 11) is -3.73. The Morgan fingerprint density at radius 2 is 2.20 bits per heavy atom. The molecule has 0 saturated carbocycles. The summed E-state index contributed by atoms with van der Waals surface area (Å²) < 4.78 is 30.6. The summed E-state index contributed by atoms with van der Waals surface area (Å²) in [6.45, 7) is 2.60. The summed E-state index contributed by atoms with van der Waals surface area (Å²) in [5.41, 5.74) is 0.251. The fourth-order valence-corrected chi connectivity index (χ4v) is 5.02. The minimum Gasteiger partial charge on any atom is -0.376 e. The number of ether oxygens (including phenoxy) is 1. The second-order valence-electron chi connectivity index (χ2n) is 6.29. The molecule has 3 rings (SSSR count). The lowest BCUT2D eigenvalue weighted by Gasteiger charge is -2.17. The predicted octanol–water partition coefficient (Wildman–Crippen LogP) is 1.56. The van der Waals surface area contributed by atoms with E-state index >= 15 is 0 Å². The SMILES string of the molecule is CC1CS(=O)(=O)N(c2ccc(Cl)c(C(=O)NCC3CCCO3)c2)C1=O. The van der Waals surface area contributed by atoms with Crippen LogP contribution in [0.25, 0.3) is 0 Å². The van der Waals surface area contributed by atoms with Gasteiger partial charge >= 0.3 is 0 Å². The number of sulfonamides is 1. The summed E-state index contributed by atoms with van der Waals surface area (Å²) in [6.07, 6.45) is 1.82. The summed E-state index contributed by atoms with van der Waals surface area (Å²) in [5, 5.41) is 2.92. The average Bonchev–Trinajstić information content (AvgIpc) is 3.13. The summed E-state index contributed by atoms with van der Waals surface area (Å²) in [6, 6.07) is 4.18. The highest BCUT2D eigenvalue weighted by Crippen LogP contribution is 2.31. The molecule has 2 saturated heterocycles. The number of rotatable bonds is 4. The molecule has 0 bridgehead atoms. The molecule has 25 heavy (non-hydrogen) atoms. The van der Waals surface area contributed by atoms with Gasteiger partial charge in [0.1, 0.15) is 0 Å². The molecule has 2 unspecified atom stereocenters. The van der Waals surface area contributed by atoms with Crippen LogP contribution in [-0.4, -0.2) is 45.2 Å². The lowest BCUT2D eigenvalue weighted by Crippen LogP contribution is -2.33. The van der Waals surface area contributed by atoms with Gasteiger partial charge in [0, 0.05) is 13.2 Å². The molecule has 2 atom stereocenters. The van der Waals surface area contributed by atoms with Crippen LogP contribution in [0, 0.1) is 5.92 Å². The molecule has 0 aliphatic carbocycles. The molecule has 0 radical (unpaired) electrons. The van der Waals surface area contributed by atoms with Gasteiger partial charge in [-0.3, -0.25) is 9.59 Å². The Morgan fingerprint density at radius 1 is 1.44 bits per heavy atom. The van der Waals surface area contributed by atoms with Gasteiger partial charge in [-0.05, 0) is 31.0 Å². The molecule has 2 heterocycles. The topological polar surface area (TPSA) is 92.8 Å². The van der Waals surface area contributed by atoms with Crippen molar-refractivity contribution in [3.05, 3.63) is 28.8 Å². The zero-order chi connectivity index (χ0) is 18.2. The van der Waals surface area contributed by atoms with Crippen molar-refractivity contribution < 1.29 is 22.7 Å². The van der Waals surface area contributed by atoms with Gasteiger partial charge in [0.2, 0.25) is 15.9 Å². The first-order chi connectivity index (χ1) is 11.8. The van der Waals surface area contributed by atoms with Gasteiger partial charge in [-0.1, -0.05) is 18.5 Å². The highest BCUT2D eigenvalue weighted by molar-refractivity contribution is 7.94. The van der Waals surface area contributed by atoms with Crippen LogP contribution < -0.4 is 9.62 Å². The van der Waals surface area contributed by atoms with Crippen molar-refractivity contribution in [1.82, 2.24) is 5.32 Å². The van der Waals surface area contributed by atoms with E-state index in [0.717, 1.165) is 17.1 Å². The third-order valence-electron chi connectivity index (χ3n) is 4.30. The van der Waals surface area contributed by atoms with Gasteiger partial charge in [-0.15, -0.1) is 0 Å². The van der Waals surface area contributed by atoms with Crippen LogP contribution in [-0.2, 0) is 19.6 Å². The van der Waals surface area contributed by atoms with Crippen molar-refractivity contribution in [3.63, 3.8) is 0 Å². The number of halogens is 1. The van der Waals surface area contributed by atoms with Crippen LogP contribution in [0.4, 0.5) is 5.69 Å². The molecule has 1 aromatic carbocycles. The molecule has 2 fully saturated rings. The Hall–Kier alpha value is -1.64. The lowest BCUT2D eigenvalue weighted by molar-refractivity contribution is -0.119. The Labute approximate surface area is 151 Å². The Balaban J connectivity index is 1.83. The van der Waals surface area contributed by atoms with Crippen molar-refractivity contribution in [3.8, 4) is 0 Å². The number of hydrogen-bond donors (Lipinski definition) is 1. The third-order valence-corrected chi connectivity index (χ3v) is 6.50. The van der Waals surface area contributed by atoms with Crippen molar-refractivity contribution in [2.45, 2.75) is 25.9 Å². The molecule has 2 aliphatic heterocycles. The zero-order valence-electron chi connectivity index (χ0n) is 13.7. The van der Waals surface area contributed by atoms with E-state index in [1.807, 2.05) is 0 Å². The van der Waals surface area contributed by atoms with Crippen LogP contribution in [0.5, 0.6) is 0 Å². The summed E-state index contributed by atoms with van der Waals surface area (Å²) >= 11 is 6.08. The van der Waals surface area contributed by atoms with Crippen LogP contribution in [0.1, 0.15) is 30.1 Å². The average molecular weight is 387 g/mol. The van der Waals surface area contributed by atoms with Crippen molar-refractivity contribution >= 4 is 39.1 Å². The number of carbonyl (C=O) groups excluding carboxylic acids is 2. The predicted molar refractivity (Wildman–Crippen MR) is 93.2 cm³/mol. The number of benzene rings is 1. The van der Waals surface area contributed by atoms with Crippen molar-refractivity contribution in [2.75, 3.05) is 23.2 Å². The number of carbonyl (C=O) groups is 2. The molecule has 9 heteroatoms. The molecule has 2 amide bonds.